The van der Waals surface area contributed by atoms with Crippen LogP contribution in [0.3, 0.4) is 0 Å². The molecule has 5 rings (SSSR count). The molecule has 0 saturated carbocycles. The van der Waals surface area contributed by atoms with Crippen LogP contribution in [0.15, 0.2) is 107 Å². The number of methoxy groups -OCH3 is 1. The van der Waals surface area contributed by atoms with Crippen molar-refractivity contribution in [1.82, 2.24) is 10.6 Å². The number of hydrogen-bond donors (Lipinski definition) is 5. The summed E-state index contributed by atoms with van der Waals surface area (Å²) in [4.78, 5) is 78.6. The molecule has 56 heavy (non-hydrogen) atoms. The van der Waals surface area contributed by atoms with Crippen molar-refractivity contribution >= 4 is 46.5 Å². The molecule has 0 aliphatic carbocycles. The molecule has 8 bridgehead atoms. The number of ketones is 2. The van der Waals surface area contributed by atoms with Crippen molar-refractivity contribution < 1.29 is 44.0 Å². The number of nitrogens with zero attached hydrogens (tertiary/aromatic N) is 3. The first-order valence-electron chi connectivity index (χ1n) is 18.8. The summed E-state index contributed by atoms with van der Waals surface area (Å²) >= 11 is 0. The number of carbonyl (C=O) groups excluding carboxylic acids is 4. The second kappa shape index (κ2) is 17.8. The van der Waals surface area contributed by atoms with Crippen LogP contribution in [0.4, 0.5) is 0 Å². The standard InChI is InChI=1S/C42H49N5O9/c1-7-27-21(2)32-18-36-30(20-49)23(4)31(45-36)17-33-22(3)28(10-11-37(52)53)40(46-33)29(16-38(54)56-6)41-39(24(5)34(47-41)19-35(27)44-32)42(55)43-14-12-25(50)8-9-26(51)13-15-48/h17-20,22,28,46,48-49H,7-16H2,1-6H3,(H,43,55)(H,52,53). The second-order valence-corrected chi connectivity index (χ2v) is 14.3. The fraction of sp³-hybridized carbons (Fsp3) is 0.429. The van der Waals surface area contributed by atoms with Gasteiger partial charge >= 0.3 is 11.9 Å². The molecular weight excluding hydrogens is 718 g/mol. The van der Waals surface area contributed by atoms with Gasteiger partial charge in [-0.05, 0) is 74.1 Å². The van der Waals surface area contributed by atoms with Gasteiger partial charge in [-0.3, -0.25) is 24.0 Å². The summed E-state index contributed by atoms with van der Waals surface area (Å²) in [5.41, 5.74) is 8.37. The number of aliphatic carboxylic acids is 1. The van der Waals surface area contributed by atoms with Crippen molar-refractivity contribution in [2.45, 2.75) is 86.0 Å². The number of carboxylic acids is 1. The van der Waals surface area contributed by atoms with Crippen molar-refractivity contribution in [3.63, 3.8) is 0 Å². The number of amides is 1. The van der Waals surface area contributed by atoms with Gasteiger partial charge in [0.05, 0.1) is 59.6 Å². The highest BCUT2D eigenvalue weighted by Crippen LogP contribution is 2.43. The number of aliphatic hydroxyl groups excluding tert-OH is 2. The fourth-order valence-corrected chi connectivity index (χ4v) is 7.51. The molecule has 5 aliphatic heterocycles. The van der Waals surface area contributed by atoms with Crippen LogP contribution < -0.4 is 10.6 Å². The smallest absolute Gasteiger partial charge is 0.310 e. The third-order valence-electron chi connectivity index (χ3n) is 10.8. The number of allylic oxidation sites excluding steroid dienone is 10. The molecule has 1 fully saturated rings. The first-order chi connectivity index (χ1) is 26.7. The van der Waals surface area contributed by atoms with Gasteiger partial charge in [0, 0.05) is 79.6 Å². The molecule has 1 amide bonds. The van der Waals surface area contributed by atoms with Gasteiger partial charge in [-0.2, -0.15) is 0 Å². The molecule has 0 aromatic carbocycles. The lowest BCUT2D eigenvalue weighted by Crippen LogP contribution is -2.32. The quantitative estimate of drug-likeness (QED) is 0.110. The van der Waals surface area contributed by atoms with Crippen molar-refractivity contribution in [2.75, 3.05) is 20.3 Å². The van der Waals surface area contributed by atoms with Crippen LogP contribution in [-0.4, -0.2) is 82.1 Å². The lowest BCUT2D eigenvalue weighted by Gasteiger charge is -2.20. The minimum absolute atomic E-state index is 0.00532. The average Bonchev–Trinajstić information content (AvgIpc) is 3.84. The van der Waals surface area contributed by atoms with Gasteiger partial charge in [-0.1, -0.05) is 13.8 Å². The predicted octanol–water partition coefficient (Wildman–Crippen LogP) is 5.12. The van der Waals surface area contributed by atoms with E-state index in [2.05, 4.69) is 10.6 Å². The number of carboxylic acid groups (broad SMARTS) is 1. The van der Waals surface area contributed by atoms with Crippen molar-refractivity contribution in [1.29, 1.82) is 0 Å². The molecule has 1 saturated heterocycles. The number of fused-ring (bicyclic) bond motifs is 5. The summed E-state index contributed by atoms with van der Waals surface area (Å²) in [7, 11) is 1.26. The number of ether oxygens (including phenoxy) is 1. The number of rotatable bonds is 15. The van der Waals surface area contributed by atoms with Gasteiger partial charge in [0.2, 0.25) is 0 Å². The van der Waals surface area contributed by atoms with Crippen LogP contribution in [-0.2, 0) is 28.7 Å². The van der Waals surface area contributed by atoms with Crippen molar-refractivity contribution in [2.24, 2.45) is 26.8 Å². The number of carbonyl (C=O) groups is 5. The molecule has 0 spiro atoms. The van der Waals surface area contributed by atoms with Gasteiger partial charge in [0.15, 0.2) is 0 Å². The Labute approximate surface area is 325 Å². The zero-order valence-corrected chi connectivity index (χ0v) is 32.7. The van der Waals surface area contributed by atoms with Gasteiger partial charge < -0.3 is 30.7 Å². The third-order valence-corrected chi connectivity index (χ3v) is 10.8. The summed E-state index contributed by atoms with van der Waals surface area (Å²) in [5, 5.41) is 35.4. The highest BCUT2D eigenvalue weighted by Gasteiger charge is 2.40. The number of hydrogen-bond acceptors (Lipinski definition) is 12. The first-order valence-corrected chi connectivity index (χ1v) is 18.8. The Morgan fingerprint density at radius 1 is 0.875 bits per heavy atom. The first kappa shape index (κ1) is 41.4. The van der Waals surface area contributed by atoms with Crippen LogP contribution in [0.25, 0.3) is 0 Å². The molecule has 296 valence electrons. The molecule has 5 heterocycles. The molecule has 2 atom stereocenters. The molecule has 2 unspecified atom stereocenters. The molecule has 14 nitrogen and oxygen atoms in total. The van der Waals surface area contributed by atoms with Crippen molar-refractivity contribution in [3.8, 4) is 0 Å². The average molecular weight is 768 g/mol. The molecule has 5 aliphatic rings. The zero-order chi connectivity index (χ0) is 40.8. The second-order valence-electron chi connectivity index (χ2n) is 14.3. The Bertz CT molecular complexity index is 2120. The zero-order valence-electron chi connectivity index (χ0n) is 32.7. The van der Waals surface area contributed by atoms with E-state index in [9.17, 15) is 34.2 Å². The Morgan fingerprint density at radius 2 is 1.55 bits per heavy atom. The van der Waals surface area contributed by atoms with Gasteiger partial charge in [0.25, 0.3) is 5.91 Å². The number of aliphatic hydroxyl groups is 2. The summed E-state index contributed by atoms with van der Waals surface area (Å²) in [5.74, 6) is -3.31. The van der Waals surface area contributed by atoms with E-state index in [1.54, 1.807) is 13.0 Å². The van der Waals surface area contributed by atoms with Crippen LogP contribution in [0, 0.1) is 11.8 Å². The summed E-state index contributed by atoms with van der Waals surface area (Å²) in [6, 6.07) is 0. The maximum atomic E-state index is 14.2. The molecular formula is C42H49N5O9. The maximum absolute atomic E-state index is 14.2. The monoisotopic (exact) mass is 767 g/mol. The number of esters is 1. The third kappa shape index (κ3) is 8.70. The SMILES string of the molecule is CCC1=C(C)C2=CC3=NC(=C(C)C3=CO)C=C3NC(=C(CC(=O)OC)C4=NC(=CC1=N2)C(C)=C4C(=O)NCCC(=O)CCC(=O)CCO)C(CCC(=O)O)C3C. The number of nitrogens with one attached hydrogen (secondary N) is 2. The molecule has 14 heteroatoms. The molecule has 5 N–H and O–H groups in total. The lowest BCUT2D eigenvalue weighted by atomic mass is 9.84. The summed E-state index contributed by atoms with van der Waals surface area (Å²) in [6.45, 7) is 9.21. The largest absolute Gasteiger partial charge is 0.515 e. The van der Waals surface area contributed by atoms with Crippen LogP contribution in [0.1, 0.15) is 86.0 Å². The number of aliphatic imine (C=N–C) groups is 3. The Balaban J connectivity index is 1.70. The molecule has 0 aromatic heterocycles. The van der Waals surface area contributed by atoms with Crippen molar-refractivity contribution in [3.05, 3.63) is 92.0 Å². The van der Waals surface area contributed by atoms with Crippen LogP contribution >= 0.6 is 0 Å². The van der Waals surface area contributed by atoms with E-state index < -0.39 is 23.8 Å². The van der Waals surface area contributed by atoms with Crippen LogP contribution in [0.5, 0.6) is 0 Å². The van der Waals surface area contributed by atoms with E-state index in [0.29, 0.717) is 63.0 Å². The highest BCUT2D eigenvalue weighted by atomic mass is 16.5. The highest BCUT2D eigenvalue weighted by molar-refractivity contribution is 6.32. The van der Waals surface area contributed by atoms with Gasteiger partial charge in [-0.15, -0.1) is 0 Å². The Kier molecular flexibility index (Phi) is 13.2. The van der Waals surface area contributed by atoms with Crippen LogP contribution in [0.2, 0.25) is 0 Å². The van der Waals surface area contributed by atoms with Gasteiger partial charge in [0.1, 0.15) is 11.6 Å². The van der Waals surface area contributed by atoms with E-state index in [0.717, 1.165) is 23.0 Å². The molecule has 0 aromatic rings. The summed E-state index contributed by atoms with van der Waals surface area (Å²) in [6.07, 6.45) is 6.83. The topological polar surface area (TPSA) is 216 Å². The van der Waals surface area contributed by atoms with Gasteiger partial charge in [-0.25, -0.2) is 15.0 Å². The normalized spacial score (nSPS) is 21.1. The molecule has 0 radical (unpaired) electrons. The fourth-order valence-electron chi connectivity index (χ4n) is 7.51. The lowest BCUT2D eigenvalue weighted by molar-refractivity contribution is -0.140. The predicted molar refractivity (Wildman–Crippen MR) is 211 cm³/mol. The van der Waals surface area contributed by atoms with E-state index in [1.807, 2.05) is 39.8 Å². The van der Waals surface area contributed by atoms with E-state index in [4.69, 9.17) is 24.8 Å². The minimum Gasteiger partial charge on any atom is -0.515 e. The Hall–Kier alpha value is -5.76. The van der Waals surface area contributed by atoms with E-state index >= 15 is 0 Å². The Morgan fingerprint density at radius 3 is 2.20 bits per heavy atom. The summed E-state index contributed by atoms with van der Waals surface area (Å²) < 4.78 is 5.14. The van der Waals surface area contributed by atoms with E-state index in [-0.39, 0.29) is 86.9 Å². The minimum atomic E-state index is -0.992. The maximum Gasteiger partial charge on any atom is 0.310 e. The number of Topliss-reactive ketones (excluding diaryl/α,β-unsaturated/α-hetero) is 2. The van der Waals surface area contributed by atoms with E-state index in [1.165, 1.54) is 7.11 Å².